The van der Waals surface area contributed by atoms with Crippen molar-refractivity contribution in [3.05, 3.63) is 34.4 Å². The minimum atomic E-state index is -5.14. The van der Waals surface area contributed by atoms with Crippen molar-refractivity contribution in [2.45, 2.75) is 16.8 Å². The first kappa shape index (κ1) is 20.0. The molecule has 146 valence electrons. The van der Waals surface area contributed by atoms with Crippen LogP contribution in [0.4, 0.5) is 28.8 Å². The van der Waals surface area contributed by atoms with Gasteiger partial charge in [-0.05, 0) is 30.7 Å². The lowest BCUT2D eigenvalue weighted by molar-refractivity contribution is -0.142. The number of aromatic nitrogens is 1. The molecule has 2 amide bonds. The Bertz CT molecular complexity index is 976. The van der Waals surface area contributed by atoms with Crippen molar-refractivity contribution in [2.24, 2.45) is 0 Å². The molecule has 0 spiro atoms. The smallest absolute Gasteiger partial charge is 0.294 e. The van der Waals surface area contributed by atoms with E-state index in [1.54, 1.807) is 24.3 Å². The van der Waals surface area contributed by atoms with Crippen molar-refractivity contribution >= 4 is 54.2 Å². The second-order valence-electron chi connectivity index (χ2n) is 5.52. The number of thiazole rings is 1. The molecule has 1 saturated heterocycles. The highest BCUT2D eigenvalue weighted by Crippen LogP contribution is 2.40. The molecule has 0 atom stereocenters. The Labute approximate surface area is 164 Å². The molecule has 2 aromatic rings. The third kappa shape index (κ3) is 4.10. The molecular formula is C14H11BrF3N3O4S2. The number of carbonyl (C=O) groups excluding carboxylic acids is 1. The number of carbonyl (C=O) groups is 1. The van der Waals surface area contributed by atoms with Gasteiger partial charge in [0.25, 0.3) is 0 Å². The Morgan fingerprint density at radius 2 is 1.74 bits per heavy atom. The van der Waals surface area contributed by atoms with Crippen molar-refractivity contribution < 1.29 is 30.9 Å². The van der Waals surface area contributed by atoms with Crippen LogP contribution in [0, 0.1) is 0 Å². The predicted octanol–water partition coefficient (Wildman–Crippen LogP) is 4.01. The summed E-state index contributed by atoms with van der Waals surface area (Å²) in [6.45, 7) is 0.418. The number of hydrogen-bond donors (Lipinski definition) is 1. The van der Waals surface area contributed by atoms with E-state index >= 15 is 0 Å². The largest absolute Gasteiger partial charge is 0.435 e. The van der Waals surface area contributed by atoms with Crippen LogP contribution in [0.2, 0.25) is 0 Å². The van der Waals surface area contributed by atoms with E-state index in [2.05, 4.69) is 20.9 Å². The summed E-state index contributed by atoms with van der Waals surface area (Å²) in [4.78, 5) is 18.4. The first-order valence-corrected chi connectivity index (χ1v) is 10.4. The van der Waals surface area contributed by atoms with Crippen molar-refractivity contribution in [3.8, 4) is 0 Å². The van der Waals surface area contributed by atoms with E-state index in [-0.39, 0.29) is 17.9 Å². The number of urea groups is 1. The second-order valence-corrected chi connectivity index (χ2v) is 9.03. The fraction of sp³-hybridized carbons (Fsp3) is 0.286. The topological polar surface area (TPSA) is 90.8 Å². The third-order valence-electron chi connectivity index (χ3n) is 3.68. The summed E-state index contributed by atoms with van der Waals surface area (Å²) in [5.41, 5.74) is -1.20. The summed E-state index contributed by atoms with van der Waals surface area (Å²) in [6.07, 6.45) is -4.66. The monoisotopic (exact) mass is 485 g/mol. The van der Waals surface area contributed by atoms with Gasteiger partial charge in [0.2, 0.25) is 0 Å². The van der Waals surface area contributed by atoms with Gasteiger partial charge in [-0.2, -0.15) is 21.6 Å². The molecule has 0 bridgehead atoms. The van der Waals surface area contributed by atoms with Gasteiger partial charge in [-0.25, -0.2) is 9.78 Å². The van der Waals surface area contributed by atoms with Gasteiger partial charge in [-0.15, -0.1) is 0 Å². The molecule has 1 N–H and O–H groups in total. The quantitative estimate of drug-likeness (QED) is 0.663. The van der Waals surface area contributed by atoms with Crippen LogP contribution >= 0.6 is 27.3 Å². The first-order valence-electron chi connectivity index (χ1n) is 7.38. The summed E-state index contributed by atoms with van der Waals surface area (Å²) in [6, 6.07) is 6.12. The maximum Gasteiger partial charge on any atom is 0.435 e. The fourth-order valence-corrected chi connectivity index (χ4v) is 4.68. The normalized spacial score (nSPS) is 16.1. The average Bonchev–Trinajstić information content (AvgIpc) is 3.02. The molecular weight excluding hydrogens is 475 g/mol. The van der Waals surface area contributed by atoms with Gasteiger partial charge in [-0.3, -0.25) is 14.4 Å². The van der Waals surface area contributed by atoms with E-state index in [0.717, 1.165) is 9.37 Å². The van der Waals surface area contributed by atoms with Gasteiger partial charge < -0.3 is 0 Å². The molecule has 0 saturated carbocycles. The van der Waals surface area contributed by atoms with Crippen molar-refractivity contribution in [3.63, 3.8) is 0 Å². The lowest BCUT2D eigenvalue weighted by Gasteiger charge is -2.34. The van der Waals surface area contributed by atoms with Gasteiger partial charge in [0, 0.05) is 23.2 Å². The molecule has 1 aromatic heterocycles. The number of amides is 2. The number of rotatable bonds is 3. The second kappa shape index (κ2) is 7.04. The molecule has 7 nitrogen and oxygen atoms in total. The zero-order valence-corrected chi connectivity index (χ0v) is 16.5. The molecule has 0 aliphatic carbocycles. The number of benzene rings is 1. The van der Waals surface area contributed by atoms with Gasteiger partial charge in [0.1, 0.15) is 0 Å². The van der Waals surface area contributed by atoms with E-state index in [9.17, 15) is 26.4 Å². The predicted molar refractivity (Wildman–Crippen MR) is 95.8 cm³/mol. The van der Waals surface area contributed by atoms with Gasteiger partial charge in [0.05, 0.1) is 0 Å². The van der Waals surface area contributed by atoms with Gasteiger partial charge in [0.15, 0.2) is 15.0 Å². The SMILES string of the molecule is O=C1N(c2ccc(Br)cc2)CCCN1c1nc(C(F)(F)F)c(S(=O)(=O)O)s1. The van der Waals surface area contributed by atoms with E-state index in [4.69, 9.17) is 4.55 Å². The Morgan fingerprint density at radius 3 is 2.26 bits per heavy atom. The Kier molecular flexibility index (Phi) is 5.22. The average molecular weight is 486 g/mol. The molecule has 1 aliphatic heterocycles. The van der Waals surface area contributed by atoms with Crippen LogP contribution in [0.25, 0.3) is 0 Å². The van der Waals surface area contributed by atoms with Crippen LogP contribution in [0.3, 0.4) is 0 Å². The summed E-state index contributed by atoms with van der Waals surface area (Å²) in [5.74, 6) is 0. The van der Waals surface area contributed by atoms with Crippen molar-refractivity contribution in [1.29, 1.82) is 0 Å². The summed E-state index contributed by atoms with van der Waals surface area (Å²) < 4.78 is 70.4. The molecule has 1 aromatic carbocycles. The Morgan fingerprint density at radius 1 is 1.15 bits per heavy atom. The van der Waals surface area contributed by atoms with Crippen LogP contribution < -0.4 is 9.80 Å². The maximum absolute atomic E-state index is 13.1. The minimum absolute atomic E-state index is 0.0710. The number of hydrogen-bond acceptors (Lipinski definition) is 5. The standard InChI is InChI=1S/C14H11BrF3N3O4S2/c15-8-2-4-9(5-3-8)20-6-1-7-21(13(20)22)12-19-10(14(16,17)18)11(26-12)27(23,24)25/h2-5H,1,6-7H2,(H,23,24,25). The number of halogens is 4. The Balaban J connectivity index is 2.00. The molecule has 13 heteroatoms. The number of alkyl halides is 3. The summed E-state index contributed by atoms with van der Waals surface area (Å²) >= 11 is 3.38. The number of anilines is 2. The highest BCUT2D eigenvalue weighted by Gasteiger charge is 2.43. The van der Waals surface area contributed by atoms with Crippen molar-refractivity contribution in [2.75, 3.05) is 22.9 Å². The molecule has 1 aliphatic rings. The first-order chi connectivity index (χ1) is 12.5. The highest BCUT2D eigenvalue weighted by molar-refractivity contribution is 9.10. The van der Waals surface area contributed by atoms with Gasteiger partial charge in [-0.1, -0.05) is 27.3 Å². The zero-order valence-electron chi connectivity index (χ0n) is 13.3. The molecule has 0 unspecified atom stereocenters. The van der Waals surface area contributed by atoms with E-state index in [0.29, 0.717) is 18.7 Å². The zero-order chi connectivity index (χ0) is 20.0. The molecule has 2 heterocycles. The Hall–Kier alpha value is -1.70. The summed E-state index contributed by atoms with van der Waals surface area (Å²) in [5, 5.41) is -0.443. The highest BCUT2D eigenvalue weighted by atomic mass is 79.9. The van der Waals surface area contributed by atoms with Gasteiger partial charge >= 0.3 is 22.3 Å². The van der Waals surface area contributed by atoms with Crippen LogP contribution in [0.5, 0.6) is 0 Å². The van der Waals surface area contributed by atoms with Crippen LogP contribution in [0.15, 0.2) is 32.9 Å². The van der Waals surface area contributed by atoms with E-state index < -0.39 is 37.4 Å². The van der Waals surface area contributed by atoms with E-state index in [1.807, 2.05) is 0 Å². The minimum Gasteiger partial charge on any atom is -0.294 e. The maximum atomic E-state index is 13.1. The number of nitrogens with zero attached hydrogens (tertiary/aromatic N) is 3. The molecule has 1 fully saturated rings. The summed E-state index contributed by atoms with van der Waals surface area (Å²) in [7, 11) is -5.14. The fourth-order valence-electron chi connectivity index (χ4n) is 2.53. The van der Waals surface area contributed by atoms with Crippen molar-refractivity contribution in [1.82, 2.24) is 4.98 Å². The molecule has 3 rings (SSSR count). The van der Waals surface area contributed by atoms with E-state index in [1.165, 1.54) is 4.90 Å². The van der Waals surface area contributed by atoms with Crippen LogP contribution in [0.1, 0.15) is 12.1 Å². The molecule has 0 radical (unpaired) electrons. The lowest BCUT2D eigenvalue weighted by atomic mass is 10.2. The lowest BCUT2D eigenvalue weighted by Crippen LogP contribution is -2.49. The van der Waals surface area contributed by atoms with Crippen LogP contribution in [-0.2, 0) is 16.3 Å². The third-order valence-corrected chi connectivity index (χ3v) is 6.63. The molecule has 27 heavy (non-hydrogen) atoms. The van der Waals surface area contributed by atoms with Crippen LogP contribution in [-0.4, -0.2) is 37.1 Å².